The quantitative estimate of drug-likeness (QED) is 0.548. The third-order valence-electron chi connectivity index (χ3n) is 4.27. The molecular weight excluding hydrogens is 420 g/mol. The van der Waals surface area contributed by atoms with Gasteiger partial charge < -0.3 is 20.5 Å². The van der Waals surface area contributed by atoms with Crippen molar-refractivity contribution in [2.75, 3.05) is 5.32 Å². The molecule has 0 fully saturated rings. The summed E-state index contributed by atoms with van der Waals surface area (Å²) in [7, 11) is 0. The second-order valence-electron chi connectivity index (χ2n) is 7.08. The zero-order chi connectivity index (χ0) is 23.3. The van der Waals surface area contributed by atoms with Crippen molar-refractivity contribution in [3.05, 3.63) is 83.1 Å². The summed E-state index contributed by atoms with van der Waals surface area (Å²) in [5.41, 5.74) is 5.58. The van der Waals surface area contributed by atoms with E-state index < -0.39 is 23.4 Å². The van der Waals surface area contributed by atoms with Crippen LogP contribution in [0.25, 0.3) is 0 Å². The molecule has 9 heteroatoms. The summed E-state index contributed by atoms with van der Waals surface area (Å²) in [6.07, 6.45) is 1.04. The number of aromatic nitrogens is 1. The largest absolute Gasteiger partial charge is 0.490 e. The predicted octanol–water partition coefficient (Wildman–Crippen LogP) is 4.08. The fourth-order valence-corrected chi connectivity index (χ4v) is 2.75. The summed E-state index contributed by atoms with van der Waals surface area (Å²) in [5.74, 6) is -2.38. The molecule has 2 amide bonds. The monoisotopic (exact) mass is 441 g/mol. The minimum Gasteiger partial charge on any atom is -0.490 e. The van der Waals surface area contributed by atoms with Crippen molar-refractivity contribution in [1.29, 1.82) is 0 Å². The van der Waals surface area contributed by atoms with E-state index in [2.05, 4.69) is 10.3 Å². The van der Waals surface area contributed by atoms with E-state index in [1.165, 1.54) is 36.5 Å². The van der Waals surface area contributed by atoms with Crippen LogP contribution in [0.5, 0.6) is 11.5 Å². The summed E-state index contributed by atoms with van der Waals surface area (Å²) in [6, 6.07) is 11.2. The van der Waals surface area contributed by atoms with Gasteiger partial charge in [0.05, 0.1) is 17.2 Å². The van der Waals surface area contributed by atoms with E-state index in [-0.39, 0.29) is 41.0 Å². The van der Waals surface area contributed by atoms with Crippen molar-refractivity contribution in [2.45, 2.75) is 26.6 Å². The number of carbonyl (C=O) groups excluding carboxylic acids is 2. The molecule has 3 aromatic rings. The first-order valence-electron chi connectivity index (χ1n) is 9.68. The number of amides is 2. The minimum atomic E-state index is -0.990. The normalized spacial score (nSPS) is 10.7. The number of primary amides is 1. The number of rotatable bonds is 8. The van der Waals surface area contributed by atoms with E-state index in [1.54, 1.807) is 12.1 Å². The highest BCUT2D eigenvalue weighted by Crippen LogP contribution is 2.27. The molecule has 3 N–H and O–H groups in total. The lowest BCUT2D eigenvalue weighted by atomic mass is 10.1. The van der Waals surface area contributed by atoms with Crippen molar-refractivity contribution in [3.8, 4) is 11.5 Å². The van der Waals surface area contributed by atoms with Crippen molar-refractivity contribution in [1.82, 2.24) is 4.98 Å². The number of carbonyl (C=O) groups is 2. The Morgan fingerprint density at radius 1 is 1.12 bits per heavy atom. The second-order valence-corrected chi connectivity index (χ2v) is 7.08. The highest BCUT2D eigenvalue weighted by Gasteiger charge is 2.17. The van der Waals surface area contributed by atoms with Gasteiger partial charge in [-0.3, -0.25) is 9.59 Å². The Kier molecular flexibility index (Phi) is 6.99. The smallest absolute Gasteiger partial charge is 0.260 e. The second kappa shape index (κ2) is 9.86. The van der Waals surface area contributed by atoms with Gasteiger partial charge in [-0.1, -0.05) is 12.1 Å². The first-order chi connectivity index (χ1) is 15.2. The highest BCUT2D eigenvalue weighted by atomic mass is 19.2. The molecule has 166 valence electrons. The van der Waals surface area contributed by atoms with Crippen molar-refractivity contribution >= 4 is 17.6 Å². The average molecular weight is 441 g/mol. The predicted molar refractivity (Wildman–Crippen MR) is 114 cm³/mol. The summed E-state index contributed by atoms with van der Waals surface area (Å²) in [6.45, 7) is 3.39. The van der Waals surface area contributed by atoms with Crippen LogP contribution in [0.3, 0.4) is 0 Å². The van der Waals surface area contributed by atoms with E-state index >= 15 is 0 Å². The molecule has 0 aliphatic carbocycles. The summed E-state index contributed by atoms with van der Waals surface area (Å²) in [5, 5.41) is 2.61. The van der Waals surface area contributed by atoms with Crippen LogP contribution in [-0.4, -0.2) is 22.9 Å². The number of nitrogens with one attached hydrogen (secondary N) is 1. The van der Waals surface area contributed by atoms with Gasteiger partial charge in [-0.2, -0.15) is 0 Å². The van der Waals surface area contributed by atoms with E-state index in [0.717, 1.165) is 6.07 Å². The number of nitrogens with zero attached hydrogens (tertiary/aromatic N) is 1. The molecule has 1 aromatic heterocycles. The van der Waals surface area contributed by atoms with Gasteiger partial charge in [0.15, 0.2) is 11.6 Å². The standard InChI is InChI=1S/C23H21F2N3O4/c1-13(2)32-19-8-7-16(31-12-15-4-3-5-18(24)21(15)25)10-17(19)23(30)28-20-9-6-14(11-27-20)22(26)29/h3-11,13H,12H2,1-2H3,(H2,26,29)(H,27,28,30). The summed E-state index contributed by atoms with van der Waals surface area (Å²) >= 11 is 0. The van der Waals surface area contributed by atoms with E-state index in [1.807, 2.05) is 13.8 Å². The van der Waals surface area contributed by atoms with Crippen LogP contribution < -0.4 is 20.5 Å². The van der Waals surface area contributed by atoms with E-state index in [0.29, 0.717) is 5.75 Å². The Bertz CT molecular complexity index is 1130. The molecule has 0 spiro atoms. The van der Waals surface area contributed by atoms with Crippen LogP contribution in [0.15, 0.2) is 54.7 Å². The molecule has 0 atom stereocenters. The minimum absolute atomic E-state index is 0.0391. The average Bonchev–Trinajstić information content (AvgIpc) is 2.75. The fraction of sp³-hybridized carbons (Fsp3) is 0.174. The van der Waals surface area contributed by atoms with Gasteiger partial charge in [-0.15, -0.1) is 0 Å². The number of benzene rings is 2. The Labute approximate surface area is 183 Å². The lowest BCUT2D eigenvalue weighted by Crippen LogP contribution is -2.17. The zero-order valence-electron chi connectivity index (χ0n) is 17.4. The highest BCUT2D eigenvalue weighted by molar-refractivity contribution is 6.06. The van der Waals surface area contributed by atoms with E-state index in [4.69, 9.17) is 15.2 Å². The number of ether oxygens (including phenoxy) is 2. The molecule has 0 unspecified atom stereocenters. The molecule has 2 aromatic carbocycles. The third-order valence-corrected chi connectivity index (χ3v) is 4.27. The van der Waals surface area contributed by atoms with Gasteiger partial charge in [0, 0.05) is 11.8 Å². The lowest BCUT2D eigenvalue weighted by molar-refractivity contribution is 0.0997. The molecule has 0 saturated heterocycles. The molecule has 0 aliphatic heterocycles. The molecule has 0 radical (unpaired) electrons. The zero-order valence-corrected chi connectivity index (χ0v) is 17.4. The molecule has 0 aliphatic rings. The van der Waals surface area contributed by atoms with Gasteiger partial charge in [0.1, 0.15) is 23.9 Å². The molecule has 3 rings (SSSR count). The van der Waals surface area contributed by atoms with Crippen LogP contribution in [0.2, 0.25) is 0 Å². The van der Waals surface area contributed by atoms with Gasteiger partial charge in [0.25, 0.3) is 5.91 Å². The van der Waals surface area contributed by atoms with Crippen LogP contribution in [0.4, 0.5) is 14.6 Å². The Balaban J connectivity index is 1.82. The van der Waals surface area contributed by atoms with Gasteiger partial charge >= 0.3 is 0 Å². The number of halogens is 2. The van der Waals surface area contributed by atoms with Crippen LogP contribution in [0.1, 0.15) is 40.1 Å². The number of hydrogen-bond acceptors (Lipinski definition) is 5. The maximum Gasteiger partial charge on any atom is 0.260 e. The Hall–Kier alpha value is -4.01. The van der Waals surface area contributed by atoms with Crippen LogP contribution >= 0.6 is 0 Å². The van der Waals surface area contributed by atoms with Crippen LogP contribution in [0, 0.1) is 11.6 Å². The van der Waals surface area contributed by atoms with Crippen LogP contribution in [-0.2, 0) is 6.61 Å². The molecule has 0 saturated carbocycles. The van der Waals surface area contributed by atoms with Crippen molar-refractivity contribution < 1.29 is 27.8 Å². The molecule has 0 bridgehead atoms. The van der Waals surface area contributed by atoms with Gasteiger partial charge in [0.2, 0.25) is 5.91 Å². The van der Waals surface area contributed by atoms with Gasteiger partial charge in [-0.25, -0.2) is 13.8 Å². The first-order valence-corrected chi connectivity index (χ1v) is 9.68. The maximum atomic E-state index is 13.9. The van der Waals surface area contributed by atoms with Gasteiger partial charge in [-0.05, 0) is 50.2 Å². The number of anilines is 1. The summed E-state index contributed by atoms with van der Waals surface area (Å²) < 4.78 is 38.5. The molecular formula is C23H21F2N3O4. The Morgan fingerprint density at radius 3 is 2.56 bits per heavy atom. The number of pyridine rings is 1. The molecule has 1 heterocycles. The first kappa shape index (κ1) is 22.7. The number of nitrogens with two attached hydrogens (primary N) is 1. The summed E-state index contributed by atoms with van der Waals surface area (Å²) in [4.78, 5) is 28.0. The van der Waals surface area contributed by atoms with Crippen molar-refractivity contribution in [2.24, 2.45) is 5.73 Å². The lowest BCUT2D eigenvalue weighted by Gasteiger charge is -2.16. The van der Waals surface area contributed by atoms with Crippen molar-refractivity contribution in [3.63, 3.8) is 0 Å². The molecule has 32 heavy (non-hydrogen) atoms. The maximum absolute atomic E-state index is 13.9. The molecule has 7 nitrogen and oxygen atoms in total. The third kappa shape index (κ3) is 5.57. The Morgan fingerprint density at radius 2 is 1.91 bits per heavy atom. The number of hydrogen-bond donors (Lipinski definition) is 2. The SMILES string of the molecule is CC(C)Oc1ccc(OCc2cccc(F)c2F)cc1C(=O)Nc1ccc(C(N)=O)cn1. The van der Waals surface area contributed by atoms with E-state index in [9.17, 15) is 18.4 Å². The topological polar surface area (TPSA) is 104 Å². The fourth-order valence-electron chi connectivity index (χ4n) is 2.75.